The molecule has 0 aromatic rings. The van der Waals surface area contributed by atoms with Crippen LogP contribution < -0.4 is 5.73 Å². The van der Waals surface area contributed by atoms with Crippen molar-refractivity contribution in [1.29, 1.82) is 0 Å². The standard InChI is InChI=1S/C16H27N3O/c1-10(9-17)18-4-6-19(7-5-18)16(20)15-13-11-2-3-12(8-11)14(13)15/h10-15H,2-9,17H2,1H3. The SMILES string of the molecule is CC(CN)N1CCN(C(=O)C2C3C4CCC(C4)C23)CC1. The molecule has 4 heteroatoms. The topological polar surface area (TPSA) is 49.6 Å². The summed E-state index contributed by atoms with van der Waals surface area (Å²) in [6.45, 7) is 6.71. The van der Waals surface area contributed by atoms with Crippen LogP contribution in [0.2, 0.25) is 0 Å². The normalized spacial score (nSPS) is 44.5. The molecule has 4 nitrogen and oxygen atoms in total. The van der Waals surface area contributed by atoms with Gasteiger partial charge in [-0.1, -0.05) is 0 Å². The quantitative estimate of drug-likeness (QED) is 0.829. The van der Waals surface area contributed by atoms with Gasteiger partial charge in [-0.2, -0.15) is 0 Å². The van der Waals surface area contributed by atoms with E-state index in [9.17, 15) is 4.79 Å². The van der Waals surface area contributed by atoms with E-state index in [1.54, 1.807) is 0 Å². The lowest BCUT2D eigenvalue weighted by atomic mass is 10.0. The van der Waals surface area contributed by atoms with E-state index < -0.39 is 0 Å². The summed E-state index contributed by atoms with van der Waals surface area (Å²) in [7, 11) is 0. The molecule has 112 valence electrons. The maximum atomic E-state index is 12.7. The van der Waals surface area contributed by atoms with Gasteiger partial charge in [-0.05, 0) is 49.9 Å². The van der Waals surface area contributed by atoms with Crippen LogP contribution in [-0.2, 0) is 4.79 Å². The average Bonchev–Trinajstić information content (AvgIpc) is 2.93. The van der Waals surface area contributed by atoms with E-state index in [1.807, 2.05) is 0 Å². The fourth-order valence-electron chi connectivity index (χ4n) is 5.40. The third kappa shape index (κ3) is 1.84. The number of carbonyl (C=O) groups is 1. The zero-order valence-electron chi connectivity index (χ0n) is 12.5. The number of rotatable bonds is 3. The third-order valence-electron chi connectivity index (χ3n) is 6.61. The highest BCUT2D eigenvalue weighted by Crippen LogP contribution is 2.69. The molecule has 20 heavy (non-hydrogen) atoms. The van der Waals surface area contributed by atoms with Crippen molar-refractivity contribution >= 4 is 5.91 Å². The fourth-order valence-corrected chi connectivity index (χ4v) is 5.40. The Morgan fingerprint density at radius 2 is 1.75 bits per heavy atom. The van der Waals surface area contributed by atoms with E-state index in [4.69, 9.17) is 5.73 Å². The van der Waals surface area contributed by atoms with Crippen molar-refractivity contribution in [2.75, 3.05) is 32.7 Å². The lowest BCUT2D eigenvalue weighted by Crippen LogP contribution is -2.53. The lowest BCUT2D eigenvalue weighted by molar-refractivity contribution is -0.135. The minimum Gasteiger partial charge on any atom is -0.340 e. The van der Waals surface area contributed by atoms with Crippen LogP contribution in [0.3, 0.4) is 0 Å². The summed E-state index contributed by atoms with van der Waals surface area (Å²) < 4.78 is 0. The molecule has 0 aromatic carbocycles. The summed E-state index contributed by atoms with van der Waals surface area (Å²) in [5.74, 6) is 4.26. The molecule has 4 aliphatic rings. The summed E-state index contributed by atoms with van der Waals surface area (Å²) >= 11 is 0. The highest BCUT2D eigenvalue weighted by atomic mass is 16.2. The molecule has 4 rings (SSSR count). The number of hydrogen-bond acceptors (Lipinski definition) is 3. The van der Waals surface area contributed by atoms with Crippen LogP contribution in [0.4, 0.5) is 0 Å². The molecule has 2 bridgehead atoms. The molecule has 1 heterocycles. The second kappa shape index (κ2) is 4.70. The van der Waals surface area contributed by atoms with Crippen LogP contribution in [0.5, 0.6) is 0 Å². The monoisotopic (exact) mass is 277 g/mol. The number of fused-ring (bicyclic) bond motifs is 5. The third-order valence-corrected chi connectivity index (χ3v) is 6.61. The number of piperazine rings is 1. The van der Waals surface area contributed by atoms with Crippen molar-refractivity contribution in [2.45, 2.75) is 32.2 Å². The van der Waals surface area contributed by atoms with Crippen molar-refractivity contribution in [3.63, 3.8) is 0 Å². The molecule has 0 spiro atoms. The minimum absolute atomic E-state index is 0.416. The molecule has 2 N–H and O–H groups in total. The molecule has 1 aliphatic heterocycles. The summed E-state index contributed by atoms with van der Waals surface area (Å²) in [4.78, 5) is 17.3. The Kier molecular flexibility index (Phi) is 3.08. The van der Waals surface area contributed by atoms with E-state index in [2.05, 4.69) is 16.7 Å². The van der Waals surface area contributed by atoms with Gasteiger partial charge in [-0.15, -0.1) is 0 Å². The maximum Gasteiger partial charge on any atom is 0.226 e. The Hall–Kier alpha value is -0.610. The Morgan fingerprint density at radius 3 is 2.30 bits per heavy atom. The van der Waals surface area contributed by atoms with Crippen molar-refractivity contribution in [3.8, 4) is 0 Å². The smallest absolute Gasteiger partial charge is 0.226 e. The van der Waals surface area contributed by atoms with Crippen LogP contribution in [0.25, 0.3) is 0 Å². The van der Waals surface area contributed by atoms with Crippen LogP contribution in [0.15, 0.2) is 0 Å². The summed E-state index contributed by atoms with van der Waals surface area (Å²) in [5, 5.41) is 0. The Bertz CT molecular complexity index is 389. The summed E-state index contributed by atoms with van der Waals surface area (Å²) in [6.07, 6.45) is 4.23. The van der Waals surface area contributed by atoms with Crippen LogP contribution in [0, 0.1) is 29.6 Å². The van der Waals surface area contributed by atoms with Gasteiger partial charge < -0.3 is 10.6 Å². The molecule has 4 fully saturated rings. The molecule has 3 saturated carbocycles. The molecule has 0 aromatic heterocycles. The second-order valence-corrected chi connectivity index (χ2v) is 7.46. The highest BCUT2D eigenvalue weighted by Gasteiger charge is 2.67. The van der Waals surface area contributed by atoms with Crippen molar-refractivity contribution in [3.05, 3.63) is 0 Å². The minimum atomic E-state index is 0.416. The molecular weight excluding hydrogens is 250 g/mol. The van der Waals surface area contributed by atoms with Gasteiger partial charge in [0.1, 0.15) is 0 Å². The zero-order chi connectivity index (χ0) is 13.9. The van der Waals surface area contributed by atoms with Crippen molar-refractivity contribution < 1.29 is 4.79 Å². The highest BCUT2D eigenvalue weighted by molar-refractivity contribution is 5.83. The number of nitrogens with zero attached hydrogens (tertiary/aromatic N) is 2. The molecule has 3 aliphatic carbocycles. The lowest BCUT2D eigenvalue weighted by Gasteiger charge is -2.38. The number of amides is 1. The van der Waals surface area contributed by atoms with Gasteiger partial charge in [0, 0.05) is 44.7 Å². The van der Waals surface area contributed by atoms with Gasteiger partial charge in [0.25, 0.3) is 0 Å². The number of carbonyl (C=O) groups excluding carboxylic acids is 1. The Labute approximate surface area is 121 Å². The van der Waals surface area contributed by atoms with E-state index in [0.717, 1.165) is 49.9 Å². The largest absolute Gasteiger partial charge is 0.340 e. The van der Waals surface area contributed by atoms with Gasteiger partial charge in [0.15, 0.2) is 0 Å². The predicted molar refractivity (Wildman–Crippen MR) is 78.0 cm³/mol. The maximum absolute atomic E-state index is 12.7. The van der Waals surface area contributed by atoms with Gasteiger partial charge in [-0.3, -0.25) is 9.69 Å². The molecule has 0 radical (unpaired) electrons. The predicted octanol–water partition coefficient (Wildman–Crippen LogP) is 0.770. The zero-order valence-corrected chi connectivity index (χ0v) is 12.5. The van der Waals surface area contributed by atoms with Gasteiger partial charge >= 0.3 is 0 Å². The van der Waals surface area contributed by atoms with Gasteiger partial charge in [0.05, 0.1) is 0 Å². The van der Waals surface area contributed by atoms with Crippen LogP contribution in [-0.4, -0.2) is 54.5 Å². The first-order chi connectivity index (χ1) is 9.70. The molecule has 5 atom stereocenters. The number of hydrogen-bond donors (Lipinski definition) is 1. The van der Waals surface area contributed by atoms with Crippen LogP contribution in [0.1, 0.15) is 26.2 Å². The molecular formula is C16H27N3O. The Balaban J connectivity index is 1.33. The average molecular weight is 277 g/mol. The number of nitrogens with two attached hydrogens (primary N) is 1. The molecule has 5 unspecified atom stereocenters. The molecule has 1 saturated heterocycles. The van der Waals surface area contributed by atoms with E-state index in [-0.39, 0.29) is 0 Å². The van der Waals surface area contributed by atoms with E-state index in [1.165, 1.54) is 19.3 Å². The first-order valence-corrected chi connectivity index (χ1v) is 8.43. The van der Waals surface area contributed by atoms with Crippen molar-refractivity contribution in [1.82, 2.24) is 9.80 Å². The Morgan fingerprint density at radius 1 is 1.15 bits per heavy atom. The van der Waals surface area contributed by atoms with Gasteiger partial charge in [0.2, 0.25) is 5.91 Å². The van der Waals surface area contributed by atoms with E-state index >= 15 is 0 Å². The first kappa shape index (κ1) is 13.1. The van der Waals surface area contributed by atoms with Crippen molar-refractivity contribution in [2.24, 2.45) is 35.3 Å². The second-order valence-electron chi connectivity index (χ2n) is 7.46. The summed E-state index contributed by atoms with van der Waals surface area (Å²) in [6, 6.07) is 0.448. The summed E-state index contributed by atoms with van der Waals surface area (Å²) in [5.41, 5.74) is 5.73. The van der Waals surface area contributed by atoms with Crippen LogP contribution >= 0.6 is 0 Å². The fraction of sp³-hybridized carbons (Fsp3) is 0.938. The molecule has 1 amide bonds. The van der Waals surface area contributed by atoms with E-state index in [0.29, 0.717) is 24.4 Å². The first-order valence-electron chi connectivity index (χ1n) is 8.43. The van der Waals surface area contributed by atoms with Gasteiger partial charge in [-0.25, -0.2) is 0 Å².